The lowest BCUT2D eigenvalue weighted by atomic mass is 10.0. The Kier molecular flexibility index (Phi) is 3.46. The number of imidazole rings is 1. The van der Waals surface area contributed by atoms with Gasteiger partial charge in [-0.2, -0.15) is 0 Å². The van der Waals surface area contributed by atoms with E-state index in [1.165, 1.54) is 0 Å². The summed E-state index contributed by atoms with van der Waals surface area (Å²) >= 11 is 0. The second-order valence-electron chi connectivity index (χ2n) is 5.69. The average Bonchev–Trinajstić information content (AvgIpc) is 3.14. The number of aryl methyl sites for hydroxylation is 1. The standard InChI is InChI=1S/C14H20N4O2/c1-10-13(19)16-12(11-3-4-11)14(20)18(10)7-2-6-17-8-5-15-9-17/h5,8-12H,2-4,6-7H2,1H3,(H,16,19). The average molecular weight is 276 g/mol. The van der Waals surface area contributed by atoms with Gasteiger partial charge in [0.15, 0.2) is 0 Å². The number of piperazine rings is 1. The first kappa shape index (κ1) is 13.1. The fraction of sp³-hybridized carbons (Fsp3) is 0.643. The van der Waals surface area contributed by atoms with Gasteiger partial charge in [-0.15, -0.1) is 0 Å². The molecule has 2 amide bonds. The molecule has 3 rings (SSSR count). The monoisotopic (exact) mass is 276 g/mol. The first-order chi connectivity index (χ1) is 9.66. The normalized spacial score (nSPS) is 26.8. The zero-order valence-electron chi connectivity index (χ0n) is 11.7. The number of aromatic nitrogens is 2. The molecule has 1 N–H and O–H groups in total. The van der Waals surface area contributed by atoms with Gasteiger partial charge in [0.1, 0.15) is 12.1 Å². The second-order valence-corrected chi connectivity index (χ2v) is 5.69. The van der Waals surface area contributed by atoms with Crippen molar-refractivity contribution in [1.29, 1.82) is 0 Å². The lowest BCUT2D eigenvalue weighted by molar-refractivity contribution is -0.149. The number of carbonyl (C=O) groups excluding carboxylic acids is 2. The molecule has 1 aliphatic carbocycles. The van der Waals surface area contributed by atoms with Crippen LogP contribution in [-0.4, -0.2) is 44.9 Å². The van der Waals surface area contributed by atoms with Crippen LogP contribution in [0.5, 0.6) is 0 Å². The molecular weight excluding hydrogens is 256 g/mol. The number of nitrogens with one attached hydrogen (secondary N) is 1. The molecule has 1 aromatic rings. The molecule has 1 saturated carbocycles. The summed E-state index contributed by atoms with van der Waals surface area (Å²) in [6.07, 6.45) is 8.34. The Bertz CT molecular complexity index is 495. The molecule has 0 radical (unpaired) electrons. The maximum absolute atomic E-state index is 12.4. The molecule has 2 heterocycles. The summed E-state index contributed by atoms with van der Waals surface area (Å²) in [5.41, 5.74) is 0. The largest absolute Gasteiger partial charge is 0.342 e. The van der Waals surface area contributed by atoms with Gasteiger partial charge >= 0.3 is 0 Å². The van der Waals surface area contributed by atoms with Gasteiger partial charge in [-0.05, 0) is 32.1 Å². The Labute approximate surface area is 118 Å². The topological polar surface area (TPSA) is 67.2 Å². The van der Waals surface area contributed by atoms with Gasteiger partial charge in [0.2, 0.25) is 11.8 Å². The van der Waals surface area contributed by atoms with Gasteiger partial charge in [-0.3, -0.25) is 9.59 Å². The van der Waals surface area contributed by atoms with E-state index in [2.05, 4.69) is 10.3 Å². The summed E-state index contributed by atoms with van der Waals surface area (Å²) in [7, 11) is 0. The van der Waals surface area contributed by atoms with Crippen LogP contribution in [0.15, 0.2) is 18.7 Å². The molecule has 6 nitrogen and oxygen atoms in total. The van der Waals surface area contributed by atoms with Crippen LogP contribution < -0.4 is 5.32 Å². The highest BCUT2D eigenvalue weighted by Gasteiger charge is 2.45. The molecule has 108 valence electrons. The van der Waals surface area contributed by atoms with E-state index in [0.29, 0.717) is 12.5 Å². The van der Waals surface area contributed by atoms with Crippen LogP contribution in [0.25, 0.3) is 0 Å². The third-order valence-electron chi connectivity index (χ3n) is 4.16. The molecule has 6 heteroatoms. The molecule has 2 aliphatic rings. The smallest absolute Gasteiger partial charge is 0.246 e. The number of carbonyl (C=O) groups is 2. The van der Waals surface area contributed by atoms with Crippen molar-refractivity contribution >= 4 is 11.8 Å². The van der Waals surface area contributed by atoms with Crippen LogP contribution in [-0.2, 0) is 16.1 Å². The van der Waals surface area contributed by atoms with Crippen LogP contribution in [0.1, 0.15) is 26.2 Å². The van der Waals surface area contributed by atoms with Gasteiger partial charge in [0, 0.05) is 25.5 Å². The fourth-order valence-electron chi connectivity index (χ4n) is 2.74. The van der Waals surface area contributed by atoms with Crippen molar-refractivity contribution < 1.29 is 9.59 Å². The van der Waals surface area contributed by atoms with Gasteiger partial charge in [-0.1, -0.05) is 0 Å². The Morgan fingerprint density at radius 3 is 2.80 bits per heavy atom. The van der Waals surface area contributed by atoms with Crippen molar-refractivity contribution in [2.45, 2.75) is 44.8 Å². The number of rotatable bonds is 5. The lowest BCUT2D eigenvalue weighted by Crippen LogP contribution is -2.63. The van der Waals surface area contributed by atoms with E-state index < -0.39 is 0 Å². The molecule has 0 aromatic carbocycles. The first-order valence-corrected chi connectivity index (χ1v) is 7.23. The van der Waals surface area contributed by atoms with E-state index >= 15 is 0 Å². The molecule has 20 heavy (non-hydrogen) atoms. The number of amides is 2. The van der Waals surface area contributed by atoms with Crippen LogP contribution in [0, 0.1) is 5.92 Å². The third kappa shape index (κ3) is 2.55. The van der Waals surface area contributed by atoms with Gasteiger partial charge in [0.25, 0.3) is 0 Å². The Hall–Kier alpha value is -1.85. The number of nitrogens with zero attached hydrogens (tertiary/aromatic N) is 3. The third-order valence-corrected chi connectivity index (χ3v) is 4.16. The molecule has 0 spiro atoms. The van der Waals surface area contributed by atoms with Crippen LogP contribution in [0.4, 0.5) is 0 Å². The lowest BCUT2D eigenvalue weighted by Gasteiger charge is -2.37. The van der Waals surface area contributed by atoms with Gasteiger partial charge < -0.3 is 14.8 Å². The minimum absolute atomic E-state index is 0.0240. The SMILES string of the molecule is CC1C(=O)NC(C2CC2)C(=O)N1CCCn1ccnc1. The molecule has 1 aromatic heterocycles. The quantitative estimate of drug-likeness (QED) is 0.846. The maximum atomic E-state index is 12.4. The minimum Gasteiger partial charge on any atom is -0.342 e. The Morgan fingerprint density at radius 1 is 1.35 bits per heavy atom. The van der Waals surface area contributed by atoms with E-state index in [9.17, 15) is 9.59 Å². The molecule has 1 saturated heterocycles. The fourth-order valence-corrected chi connectivity index (χ4v) is 2.74. The van der Waals surface area contributed by atoms with Crippen molar-refractivity contribution in [2.24, 2.45) is 5.92 Å². The van der Waals surface area contributed by atoms with E-state index in [0.717, 1.165) is 25.8 Å². The van der Waals surface area contributed by atoms with Crippen molar-refractivity contribution in [3.8, 4) is 0 Å². The maximum Gasteiger partial charge on any atom is 0.246 e. The highest BCUT2D eigenvalue weighted by atomic mass is 16.2. The summed E-state index contributed by atoms with van der Waals surface area (Å²) in [6, 6.07) is -0.646. The summed E-state index contributed by atoms with van der Waals surface area (Å²) < 4.78 is 1.98. The predicted octanol–water partition coefficient (Wildman–Crippen LogP) is 0.399. The number of hydrogen-bond acceptors (Lipinski definition) is 3. The minimum atomic E-state index is -0.361. The van der Waals surface area contributed by atoms with E-state index in [1.54, 1.807) is 24.3 Å². The molecule has 1 aliphatic heterocycles. The highest BCUT2D eigenvalue weighted by molar-refractivity contribution is 5.97. The van der Waals surface area contributed by atoms with Crippen LogP contribution >= 0.6 is 0 Å². The Balaban J connectivity index is 1.60. The molecular formula is C14H20N4O2. The zero-order valence-corrected chi connectivity index (χ0v) is 11.7. The van der Waals surface area contributed by atoms with Crippen molar-refractivity contribution in [3.05, 3.63) is 18.7 Å². The first-order valence-electron chi connectivity index (χ1n) is 7.23. The van der Waals surface area contributed by atoms with Crippen molar-refractivity contribution in [1.82, 2.24) is 19.8 Å². The van der Waals surface area contributed by atoms with Crippen LogP contribution in [0.2, 0.25) is 0 Å². The zero-order chi connectivity index (χ0) is 14.1. The van der Waals surface area contributed by atoms with E-state index in [-0.39, 0.29) is 23.9 Å². The van der Waals surface area contributed by atoms with Crippen molar-refractivity contribution in [2.75, 3.05) is 6.54 Å². The molecule has 0 bridgehead atoms. The van der Waals surface area contributed by atoms with E-state index in [4.69, 9.17) is 0 Å². The number of hydrogen-bond donors (Lipinski definition) is 1. The summed E-state index contributed by atoms with van der Waals surface area (Å²) in [5, 5.41) is 2.87. The van der Waals surface area contributed by atoms with Gasteiger partial charge in [0.05, 0.1) is 6.33 Å². The van der Waals surface area contributed by atoms with Crippen molar-refractivity contribution in [3.63, 3.8) is 0 Å². The Morgan fingerprint density at radius 2 is 2.15 bits per heavy atom. The molecule has 2 fully saturated rings. The van der Waals surface area contributed by atoms with Gasteiger partial charge in [-0.25, -0.2) is 4.98 Å². The summed E-state index contributed by atoms with van der Waals surface area (Å²) in [6.45, 7) is 3.23. The molecule has 2 unspecified atom stereocenters. The summed E-state index contributed by atoms with van der Waals surface area (Å²) in [5.74, 6) is 0.421. The molecule has 2 atom stereocenters. The van der Waals surface area contributed by atoms with E-state index in [1.807, 2.05) is 10.8 Å². The van der Waals surface area contributed by atoms with Crippen LogP contribution in [0.3, 0.4) is 0 Å². The highest BCUT2D eigenvalue weighted by Crippen LogP contribution is 2.35. The second kappa shape index (κ2) is 5.26. The predicted molar refractivity (Wildman–Crippen MR) is 72.7 cm³/mol. The summed E-state index contributed by atoms with van der Waals surface area (Å²) in [4.78, 5) is 30.1.